The van der Waals surface area contributed by atoms with Crippen LogP contribution in [0.15, 0.2) is 65.6 Å². The van der Waals surface area contributed by atoms with Crippen LogP contribution in [0, 0.1) is 0 Å². The lowest BCUT2D eigenvalue weighted by molar-refractivity contribution is -0.143. The maximum absolute atomic E-state index is 13.9. The van der Waals surface area contributed by atoms with Crippen molar-refractivity contribution in [3.05, 3.63) is 81.8 Å². The Kier molecular flexibility index (Phi) is 6.15. The molecule has 1 heterocycles. The number of methoxy groups -OCH3 is 2. The molecule has 0 amide bonds. The summed E-state index contributed by atoms with van der Waals surface area (Å²) in [6, 6.07) is 12.1. The lowest BCUT2D eigenvalue weighted by atomic mass is 9.82. The van der Waals surface area contributed by atoms with Crippen molar-refractivity contribution in [1.29, 1.82) is 0 Å². The van der Waals surface area contributed by atoms with Gasteiger partial charge in [0.2, 0.25) is 0 Å². The third-order valence-electron chi connectivity index (χ3n) is 5.67. The van der Waals surface area contributed by atoms with Crippen LogP contribution in [0.1, 0.15) is 11.1 Å². The fourth-order valence-electron chi connectivity index (χ4n) is 4.16. The summed E-state index contributed by atoms with van der Waals surface area (Å²) < 4.78 is 38.8. The number of anilines is 1. The summed E-state index contributed by atoms with van der Waals surface area (Å²) in [7, 11) is -1.79. The molecule has 0 radical (unpaired) electrons. The van der Waals surface area contributed by atoms with E-state index >= 15 is 0 Å². The highest BCUT2D eigenvalue weighted by Gasteiger charge is 2.59. The fourth-order valence-corrected chi connectivity index (χ4v) is 6.28. The smallest absolute Gasteiger partial charge is 0.331 e. The Balaban J connectivity index is 2.02. The van der Waals surface area contributed by atoms with E-state index in [0.717, 1.165) is 0 Å². The molecule has 0 saturated heterocycles. The number of halogens is 2. The molecule has 1 aliphatic rings. The van der Waals surface area contributed by atoms with Crippen molar-refractivity contribution in [3.63, 3.8) is 0 Å². The quantitative estimate of drug-likeness (QED) is 0.503. The van der Waals surface area contributed by atoms with Crippen LogP contribution < -0.4 is 13.8 Å². The number of hydrogen-bond donors (Lipinski definition) is 2. The van der Waals surface area contributed by atoms with Crippen LogP contribution >= 0.6 is 23.2 Å². The largest absolute Gasteiger partial charge is 0.493 e. The van der Waals surface area contributed by atoms with Crippen molar-refractivity contribution < 1.29 is 32.9 Å². The summed E-state index contributed by atoms with van der Waals surface area (Å²) in [5.74, 6) is -1.16. The molecule has 0 aromatic heterocycles. The van der Waals surface area contributed by atoms with Crippen LogP contribution in [0.4, 0.5) is 5.69 Å². The zero-order chi connectivity index (χ0) is 24.8. The highest BCUT2D eigenvalue weighted by Crippen LogP contribution is 2.52. The van der Waals surface area contributed by atoms with E-state index in [9.17, 15) is 23.4 Å². The number of benzene rings is 3. The Labute approximate surface area is 205 Å². The Bertz CT molecular complexity index is 1400. The maximum atomic E-state index is 13.9. The van der Waals surface area contributed by atoms with E-state index in [0.29, 0.717) is 4.31 Å². The SMILES string of the molecule is COc1ccc(S(=O)(=O)N2c3ccc(Cl)cc3C(O)(c3ccccc3Cl)C2C(=O)O)cc1OC. The monoisotopic (exact) mass is 523 g/mol. The molecule has 11 heteroatoms. The van der Waals surface area contributed by atoms with Gasteiger partial charge in [0.25, 0.3) is 10.0 Å². The zero-order valence-corrected chi connectivity index (χ0v) is 20.2. The lowest BCUT2D eigenvalue weighted by Crippen LogP contribution is -2.53. The summed E-state index contributed by atoms with van der Waals surface area (Å²) in [6.45, 7) is 0. The summed E-state index contributed by atoms with van der Waals surface area (Å²) in [6.07, 6.45) is 0. The predicted molar refractivity (Wildman–Crippen MR) is 127 cm³/mol. The second kappa shape index (κ2) is 8.66. The number of ether oxygens (including phenoxy) is 2. The third kappa shape index (κ3) is 3.56. The highest BCUT2D eigenvalue weighted by molar-refractivity contribution is 7.93. The van der Waals surface area contributed by atoms with Gasteiger partial charge in [-0.25, -0.2) is 17.5 Å². The molecule has 0 aliphatic carbocycles. The lowest BCUT2D eigenvalue weighted by Gasteiger charge is -2.33. The normalized spacial score (nSPS) is 19.6. The van der Waals surface area contributed by atoms with Gasteiger partial charge in [0.15, 0.2) is 23.1 Å². The first-order valence-corrected chi connectivity index (χ1v) is 12.0. The molecule has 178 valence electrons. The number of carboxylic acid groups (broad SMARTS) is 1. The van der Waals surface area contributed by atoms with Gasteiger partial charge in [-0.1, -0.05) is 41.4 Å². The van der Waals surface area contributed by atoms with Crippen molar-refractivity contribution in [3.8, 4) is 11.5 Å². The van der Waals surface area contributed by atoms with Gasteiger partial charge in [-0.15, -0.1) is 0 Å². The summed E-state index contributed by atoms with van der Waals surface area (Å²) in [5.41, 5.74) is -2.37. The van der Waals surface area contributed by atoms with Gasteiger partial charge in [-0.05, 0) is 36.4 Å². The molecule has 2 atom stereocenters. The average molecular weight is 524 g/mol. The first-order valence-electron chi connectivity index (χ1n) is 9.84. The number of nitrogens with zero attached hydrogens (tertiary/aromatic N) is 1. The van der Waals surface area contributed by atoms with E-state index in [2.05, 4.69) is 0 Å². The van der Waals surface area contributed by atoms with E-state index in [4.69, 9.17) is 32.7 Å². The molecule has 3 aromatic carbocycles. The second-order valence-corrected chi connectivity index (χ2v) is 10.1. The predicted octanol–water partition coefficient (Wildman–Crippen LogP) is 3.91. The van der Waals surface area contributed by atoms with E-state index in [1.807, 2.05) is 0 Å². The van der Waals surface area contributed by atoms with E-state index < -0.39 is 27.6 Å². The number of rotatable bonds is 6. The van der Waals surface area contributed by atoms with Crippen molar-refractivity contribution in [2.45, 2.75) is 16.5 Å². The molecule has 34 heavy (non-hydrogen) atoms. The molecule has 0 spiro atoms. The second-order valence-electron chi connectivity index (χ2n) is 7.47. The molecule has 8 nitrogen and oxygen atoms in total. The number of aliphatic hydroxyl groups is 1. The van der Waals surface area contributed by atoms with Crippen LogP contribution in [0.25, 0.3) is 0 Å². The van der Waals surface area contributed by atoms with Crippen LogP contribution in [0.3, 0.4) is 0 Å². The molecule has 4 rings (SSSR count). The van der Waals surface area contributed by atoms with Crippen molar-refractivity contribution >= 4 is 44.9 Å². The molecule has 2 N–H and O–H groups in total. The van der Waals surface area contributed by atoms with Crippen LogP contribution in [0.2, 0.25) is 10.0 Å². The van der Waals surface area contributed by atoms with Crippen molar-refractivity contribution in [1.82, 2.24) is 0 Å². The van der Waals surface area contributed by atoms with Gasteiger partial charge in [0, 0.05) is 27.2 Å². The fraction of sp³-hybridized carbons (Fsp3) is 0.174. The topological polar surface area (TPSA) is 113 Å². The van der Waals surface area contributed by atoms with Gasteiger partial charge < -0.3 is 19.7 Å². The van der Waals surface area contributed by atoms with Gasteiger partial charge in [-0.2, -0.15) is 0 Å². The molecular formula is C23H19Cl2NO7S. The van der Waals surface area contributed by atoms with Crippen LogP contribution in [-0.4, -0.2) is 44.9 Å². The van der Waals surface area contributed by atoms with Crippen LogP contribution in [-0.2, 0) is 20.4 Å². The van der Waals surface area contributed by atoms with Crippen molar-refractivity contribution in [2.75, 3.05) is 18.5 Å². The Morgan fingerprint density at radius 2 is 1.65 bits per heavy atom. The number of sulfonamides is 1. The third-order valence-corrected chi connectivity index (χ3v) is 8.01. The minimum absolute atomic E-state index is 0.00967. The first kappa shape index (κ1) is 24.2. The molecule has 3 aromatic rings. The summed E-state index contributed by atoms with van der Waals surface area (Å²) in [5, 5.41) is 22.4. The van der Waals surface area contributed by atoms with Gasteiger partial charge in [-0.3, -0.25) is 0 Å². The van der Waals surface area contributed by atoms with E-state index in [1.165, 1.54) is 62.8 Å². The number of carboxylic acids is 1. The first-order chi connectivity index (χ1) is 16.1. The number of carbonyl (C=O) groups is 1. The highest BCUT2D eigenvalue weighted by atomic mass is 35.5. The van der Waals surface area contributed by atoms with Gasteiger partial charge in [0.1, 0.15) is 0 Å². The number of aliphatic carboxylic acids is 1. The zero-order valence-electron chi connectivity index (χ0n) is 17.9. The molecule has 2 unspecified atom stereocenters. The minimum Gasteiger partial charge on any atom is -0.493 e. The standard InChI is InChI=1S/C23H19Cl2NO7S/c1-32-19-10-8-14(12-20(19)33-2)34(30,31)26-18-9-7-13(24)11-16(18)23(29,21(26)22(27)28)15-5-3-4-6-17(15)25/h3-12,21,29H,1-2H3,(H,27,28). The molecule has 0 fully saturated rings. The maximum Gasteiger partial charge on any atom is 0.331 e. The Morgan fingerprint density at radius 3 is 2.26 bits per heavy atom. The van der Waals surface area contributed by atoms with Gasteiger partial charge >= 0.3 is 5.97 Å². The minimum atomic E-state index is -4.54. The number of hydrogen-bond acceptors (Lipinski definition) is 6. The Hall–Kier alpha value is -2.98. The number of fused-ring (bicyclic) bond motifs is 1. The molecule has 0 saturated carbocycles. The van der Waals surface area contributed by atoms with E-state index in [1.54, 1.807) is 12.1 Å². The van der Waals surface area contributed by atoms with Gasteiger partial charge in [0.05, 0.1) is 24.8 Å². The molecular weight excluding hydrogens is 505 g/mol. The summed E-state index contributed by atoms with van der Waals surface area (Å²) >= 11 is 12.5. The van der Waals surface area contributed by atoms with Crippen LogP contribution in [0.5, 0.6) is 11.5 Å². The van der Waals surface area contributed by atoms with E-state index in [-0.39, 0.29) is 43.3 Å². The summed E-state index contributed by atoms with van der Waals surface area (Å²) in [4.78, 5) is 12.3. The average Bonchev–Trinajstić information content (AvgIpc) is 3.08. The molecule has 1 aliphatic heterocycles. The molecule has 0 bridgehead atoms. The van der Waals surface area contributed by atoms with Crippen molar-refractivity contribution in [2.24, 2.45) is 0 Å². The Morgan fingerprint density at radius 1 is 0.971 bits per heavy atom.